The molecule has 33 heavy (non-hydrogen) atoms. The van der Waals surface area contributed by atoms with Crippen molar-refractivity contribution in [3.05, 3.63) is 54.1 Å². The van der Waals surface area contributed by atoms with Crippen molar-refractivity contribution >= 4 is 36.7 Å². The van der Waals surface area contributed by atoms with Crippen LogP contribution in [0.3, 0.4) is 0 Å². The van der Waals surface area contributed by atoms with Gasteiger partial charge in [-0.05, 0) is 30.7 Å². The highest BCUT2D eigenvalue weighted by atomic mass is 32.2. The number of benzene rings is 2. The highest BCUT2D eigenvalue weighted by Gasteiger charge is 2.44. The first kappa shape index (κ1) is 24.7. The summed E-state index contributed by atoms with van der Waals surface area (Å²) in [5.74, 6) is -1.43. The third-order valence-electron chi connectivity index (χ3n) is 4.40. The van der Waals surface area contributed by atoms with Gasteiger partial charge in [0.25, 0.3) is 5.88 Å². The fourth-order valence-electron chi connectivity index (χ4n) is 2.92. The zero-order chi connectivity index (χ0) is 24.4. The lowest BCUT2D eigenvalue weighted by atomic mass is 10.1. The van der Waals surface area contributed by atoms with Crippen LogP contribution >= 0.6 is 0 Å². The van der Waals surface area contributed by atoms with Crippen molar-refractivity contribution in [2.75, 3.05) is 16.7 Å². The zero-order valence-corrected chi connectivity index (χ0v) is 19.1. The van der Waals surface area contributed by atoms with Crippen molar-refractivity contribution < 1.29 is 34.7 Å². The topological polar surface area (TPSA) is 115 Å². The number of nitrogens with zero attached hydrogens (tertiary/aromatic N) is 2. The van der Waals surface area contributed by atoms with Crippen molar-refractivity contribution in [1.82, 2.24) is 9.97 Å². The number of sulfonamides is 1. The van der Waals surface area contributed by atoms with Crippen molar-refractivity contribution in [3.63, 3.8) is 0 Å². The molecule has 3 aromatic rings. The molecule has 0 bridgehead atoms. The highest BCUT2D eigenvalue weighted by molar-refractivity contribution is 7.92. The van der Waals surface area contributed by atoms with E-state index in [4.69, 9.17) is 4.74 Å². The molecule has 178 valence electrons. The summed E-state index contributed by atoms with van der Waals surface area (Å²) in [5.41, 5.74) is 0.0478. The first-order chi connectivity index (χ1) is 15.3. The number of nitrogens with one attached hydrogen (secondary N) is 1. The molecular formula is C20H20F3N3O5S2. The predicted octanol–water partition coefficient (Wildman–Crippen LogP) is 3.87. The smallest absolute Gasteiger partial charge is 0.429 e. The Balaban J connectivity index is 2.09. The number of para-hydroxylation sites is 2. The predicted molar refractivity (Wildman–Crippen MR) is 116 cm³/mol. The second-order valence-corrected chi connectivity index (χ2v) is 11.0. The second kappa shape index (κ2) is 9.14. The van der Waals surface area contributed by atoms with Gasteiger partial charge in [0.2, 0.25) is 21.9 Å². The number of hydrogen-bond acceptors (Lipinski definition) is 7. The summed E-state index contributed by atoms with van der Waals surface area (Å²) in [4.78, 5) is 7.98. The average molecular weight is 504 g/mol. The van der Waals surface area contributed by atoms with Gasteiger partial charge in [0.05, 0.1) is 21.7 Å². The Morgan fingerprint density at radius 1 is 0.970 bits per heavy atom. The third kappa shape index (κ3) is 6.11. The Hall–Kier alpha value is -2.93. The van der Waals surface area contributed by atoms with Gasteiger partial charge in [-0.1, -0.05) is 31.2 Å². The summed E-state index contributed by atoms with van der Waals surface area (Å²) in [6.07, 6.45) is -6.29. The first-order valence-corrected chi connectivity index (χ1v) is 13.1. The van der Waals surface area contributed by atoms with Crippen LogP contribution in [0.1, 0.15) is 25.0 Å². The minimum Gasteiger partial charge on any atom is -0.457 e. The van der Waals surface area contributed by atoms with E-state index in [-0.39, 0.29) is 28.1 Å². The number of hydrogen-bond donors (Lipinski definition) is 1. The minimum absolute atomic E-state index is 0.161. The van der Waals surface area contributed by atoms with Gasteiger partial charge in [-0.3, -0.25) is 4.72 Å². The van der Waals surface area contributed by atoms with E-state index in [1.807, 2.05) is 0 Å². The molecule has 0 fully saturated rings. The minimum atomic E-state index is -4.93. The number of halogens is 3. The Kier molecular flexibility index (Phi) is 6.84. The molecule has 0 aliphatic heterocycles. The number of aromatic nitrogens is 2. The Morgan fingerprint density at radius 3 is 2.06 bits per heavy atom. The molecule has 1 N–H and O–H groups in total. The Morgan fingerprint density at radius 2 is 1.55 bits per heavy atom. The standard InChI is InChI=1S/C20H20F3N3O5S2/c1-3-12-33(29,30)26-18-19(25-16-7-5-4-6-15(16)24-18)31-17(20(21,22)23)13-8-10-14(11-9-13)32(2,27)28/h4-11,17H,3,12H2,1-2H3,(H,24,26). The number of fused-ring (bicyclic) bond motifs is 1. The summed E-state index contributed by atoms with van der Waals surface area (Å²) < 4.78 is 96.8. The maximum atomic E-state index is 13.9. The number of sulfone groups is 1. The molecule has 0 radical (unpaired) electrons. The average Bonchev–Trinajstić information content (AvgIpc) is 2.70. The molecule has 0 amide bonds. The monoisotopic (exact) mass is 503 g/mol. The van der Waals surface area contributed by atoms with E-state index in [1.165, 1.54) is 12.1 Å². The number of ether oxygens (including phenoxy) is 1. The van der Waals surface area contributed by atoms with Crippen molar-refractivity contribution in [3.8, 4) is 5.88 Å². The fourth-order valence-corrected chi connectivity index (χ4v) is 4.62. The van der Waals surface area contributed by atoms with Gasteiger partial charge in [-0.15, -0.1) is 0 Å². The Labute approximate surface area is 188 Å². The van der Waals surface area contributed by atoms with E-state index >= 15 is 0 Å². The molecule has 0 aliphatic rings. The van der Waals surface area contributed by atoms with E-state index in [0.717, 1.165) is 30.5 Å². The molecule has 1 aromatic heterocycles. The first-order valence-electron chi connectivity index (χ1n) is 9.61. The van der Waals surface area contributed by atoms with Crippen LogP contribution in [0.15, 0.2) is 53.4 Å². The summed E-state index contributed by atoms with van der Waals surface area (Å²) in [6, 6.07) is 10.2. The van der Waals surface area contributed by atoms with Crippen LogP contribution in [-0.2, 0) is 19.9 Å². The van der Waals surface area contributed by atoms with Gasteiger partial charge in [-0.25, -0.2) is 26.8 Å². The van der Waals surface area contributed by atoms with Crippen LogP contribution in [0, 0.1) is 0 Å². The fraction of sp³-hybridized carbons (Fsp3) is 0.300. The summed E-state index contributed by atoms with van der Waals surface area (Å²) >= 11 is 0. The molecule has 1 atom stereocenters. The van der Waals surface area contributed by atoms with Crippen LogP contribution in [-0.4, -0.2) is 45.0 Å². The molecule has 0 saturated heterocycles. The van der Waals surface area contributed by atoms with E-state index < -0.39 is 49.4 Å². The number of anilines is 1. The summed E-state index contributed by atoms with van der Waals surface area (Å²) in [6.45, 7) is 1.63. The van der Waals surface area contributed by atoms with Gasteiger partial charge in [-0.2, -0.15) is 13.2 Å². The van der Waals surface area contributed by atoms with Crippen LogP contribution in [0.25, 0.3) is 11.0 Å². The molecular weight excluding hydrogens is 483 g/mol. The lowest BCUT2D eigenvalue weighted by Gasteiger charge is -2.23. The van der Waals surface area contributed by atoms with E-state index in [1.54, 1.807) is 19.1 Å². The van der Waals surface area contributed by atoms with E-state index in [0.29, 0.717) is 0 Å². The summed E-state index contributed by atoms with van der Waals surface area (Å²) in [5, 5.41) is 0. The van der Waals surface area contributed by atoms with Gasteiger partial charge >= 0.3 is 6.18 Å². The lowest BCUT2D eigenvalue weighted by Crippen LogP contribution is -2.27. The quantitative estimate of drug-likeness (QED) is 0.496. The SMILES string of the molecule is CCCS(=O)(=O)Nc1nc2ccccc2nc1OC(c1ccc(S(C)(=O)=O)cc1)C(F)(F)F. The van der Waals surface area contributed by atoms with Crippen LogP contribution in [0.5, 0.6) is 5.88 Å². The molecule has 8 nitrogen and oxygen atoms in total. The van der Waals surface area contributed by atoms with E-state index in [2.05, 4.69) is 14.7 Å². The lowest BCUT2D eigenvalue weighted by molar-refractivity contribution is -0.198. The second-order valence-electron chi connectivity index (χ2n) is 7.17. The maximum Gasteiger partial charge on any atom is 0.429 e. The molecule has 0 aliphatic carbocycles. The molecule has 0 spiro atoms. The van der Waals surface area contributed by atoms with Gasteiger partial charge in [0.15, 0.2) is 9.84 Å². The van der Waals surface area contributed by atoms with Crippen molar-refractivity contribution in [1.29, 1.82) is 0 Å². The number of rotatable bonds is 8. The van der Waals surface area contributed by atoms with Crippen LogP contribution < -0.4 is 9.46 Å². The Bertz CT molecular complexity index is 1360. The molecule has 1 heterocycles. The zero-order valence-electron chi connectivity index (χ0n) is 17.5. The number of alkyl halides is 3. The largest absolute Gasteiger partial charge is 0.457 e. The third-order valence-corrected chi connectivity index (χ3v) is 6.98. The van der Waals surface area contributed by atoms with Crippen LogP contribution in [0.4, 0.5) is 19.0 Å². The molecule has 0 saturated carbocycles. The van der Waals surface area contributed by atoms with Crippen molar-refractivity contribution in [2.45, 2.75) is 30.5 Å². The van der Waals surface area contributed by atoms with Crippen LogP contribution in [0.2, 0.25) is 0 Å². The van der Waals surface area contributed by atoms with Crippen molar-refractivity contribution in [2.24, 2.45) is 0 Å². The van der Waals surface area contributed by atoms with Gasteiger partial charge in [0.1, 0.15) is 0 Å². The molecule has 3 rings (SSSR count). The summed E-state index contributed by atoms with van der Waals surface area (Å²) in [7, 11) is -7.53. The molecule has 13 heteroatoms. The normalized spacial score (nSPS) is 13.6. The van der Waals surface area contributed by atoms with Gasteiger partial charge < -0.3 is 4.74 Å². The molecule has 1 unspecified atom stereocenters. The molecule has 2 aromatic carbocycles. The van der Waals surface area contributed by atoms with Gasteiger partial charge in [0, 0.05) is 11.8 Å². The van der Waals surface area contributed by atoms with E-state index in [9.17, 15) is 30.0 Å². The highest BCUT2D eigenvalue weighted by Crippen LogP contribution is 2.39. The maximum absolute atomic E-state index is 13.9.